The van der Waals surface area contributed by atoms with Gasteiger partial charge in [0.25, 0.3) is 0 Å². The molecule has 2 aliphatic rings. The summed E-state index contributed by atoms with van der Waals surface area (Å²) in [5.74, 6) is -1.68. The zero-order valence-corrected chi connectivity index (χ0v) is 11.8. The second-order valence-electron chi connectivity index (χ2n) is 6.32. The van der Waals surface area contributed by atoms with Gasteiger partial charge < -0.3 is 9.30 Å². The monoisotopic (exact) mass is 292 g/mol. The van der Waals surface area contributed by atoms with Gasteiger partial charge in [0, 0.05) is 12.1 Å². The minimum atomic E-state index is -0.852. The number of ether oxygens (including phenoxy) is 1. The van der Waals surface area contributed by atoms with Gasteiger partial charge in [0.15, 0.2) is 11.6 Å². The summed E-state index contributed by atoms with van der Waals surface area (Å²) in [6, 6.07) is 2.37. The number of fused-ring (bicyclic) bond motifs is 1. The number of hydrogen-bond donors (Lipinski definition) is 0. The summed E-state index contributed by atoms with van der Waals surface area (Å²) in [5, 5.41) is 0. The zero-order valence-electron chi connectivity index (χ0n) is 11.8. The molecule has 5 heteroatoms. The van der Waals surface area contributed by atoms with Crippen LogP contribution in [0, 0.1) is 11.6 Å². The summed E-state index contributed by atoms with van der Waals surface area (Å²) in [5.41, 5.74) is 1.21. The minimum Gasteiger partial charge on any atom is -0.370 e. The smallest absolute Gasteiger partial charge is 0.161 e. The predicted molar refractivity (Wildman–Crippen MR) is 75.0 cm³/mol. The molecule has 21 heavy (non-hydrogen) atoms. The van der Waals surface area contributed by atoms with E-state index in [1.54, 1.807) is 6.33 Å². The van der Waals surface area contributed by atoms with Crippen molar-refractivity contribution in [1.82, 2.24) is 9.55 Å². The molecule has 1 aromatic heterocycles. The van der Waals surface area contributed by atoms with E-state index < -0.39 is 11.6 Å². The Bertz CT molecular complexity index is 676. The molecular weight excluding hydrogens is 274 g/mol. The molecule has 0 N–H and O–H groups in total. The van der Waals surface area contributed by atoms with Crippen molar-refractivity contribution in [3.05, 3.63) is 30.1 Å². The van der Waals surface area contributed by atoms with Crippen LogP contribution in [0.2, 0.25) is 0 Å². The van der Waals surface area contributed by atoms with Gasteiger partial charge in [-0.2, -0.15) is 0 Å². The average Bonchev–Trinajstić information content (AvgIpc) is 3.16. The average molecular weight is 292 g/mol. The summed E-state index contributed by atoms with van der Waals surface area (Å²) in [7, 11) is 0. The molecule has 2 aromatic rings. The van der Waals surface area contributed by atoms with Crippen LogP contribution in [0.1, 0.15) is 38.5 Å². The maximum absolute atomic E-state index is 13.4. The fourth-order valence-corrected chi connectivity index (χ4v) is 3.83. The van der Waals surface area contributed by atoms with Gasteiger partial charge in [-0.25, -0.2) is 13.8 Å². The van der Waals surface area contributed by atoms with Crippen molar-refractivity contribution in [2.45, 2.75) is 56.8 Å². The number of halogens is 2. The molecule has 1 aliphatic carbocycles. The lowest BCUT2D eigenvalue weighted by Crippen LogP contribution is -2.26. The predicted octanol–water partition coefficient (Wildman–Crippen LogP) is 3.81. The van der Waals surface area contributed by atoms with Gasteiger partial charge >= 0.3 is 0 Å². The number of rotatable bonds is 2. The molecular formula is C16H18F2N2O. The Labute approximate surface area is 121 Å². The highest BCUT2D eigenvalue weighted by Crippen LogP contribution is 2.43. The third-order valence-corrected chi connectivity index (χ3v) is 4.92. The van der Waals surface area contributed by atoms with Crippen molar-refractivity contribution >= 4 is 11.0 Å². The van der Waals surface area contributed by atoms with Crippen molar-refractivity contribution in [1.29, 1.82) is 0 Å². The zero-order chi connectivity index (χ0) is 14.4. The van der Waals surface area contributed by atoms with E-state index in [0.29, 0.717) is 17.6 Å². The highest BCUT2D eigenvalue weighted by atomic mass is 19.2. The van der Waals surface area contributed by atoms with Crippen LogP contribution in [-0.2, 0) is 11.3 Å². The van der Waals surface area contributed by atoms with Crippen LogP contribution in [0.3, 0.4) is 0 Å². The molecule has 0 radical (unpaired) electrons. The summed E-state index contributed by atoms with van der Waals surface area (Å²) in [4.78, 5) is 4.15. The summed E-state index contributed by atoms with van der Waals surface area (Å²) in [6.45, 7) is 0.656. The second-order valence-corrected chi connectivity index (χ2v) is 6.32. The van der Waals surface area contributed by atoms with Crippen molar-refractivity contribution in [3.63, 3.8) is 0 Å². The van der Waals surface area contributed by atoms with Crippen LogP contribution in [0.25, 0.3) is 11.0 Å². The first-order valence-corrected chi connectivity index (χ1v) is 7.63. The lowest BCUT2D eigenvalue weighted by Gasteiger charge is -2.24. The molecule has 1 saturated carbocycles. The Balaban J connectivity index is 1.56. The molecule has 112 valence electrons. The molecule has 3 nitrogen and oxygen atoms in total. The fourth-order valence-electron chi connectivity index (χ4n) is 3.83. The van der Waals surface area contributed by atoms with E-state index in [2.05, 4.69) is 4.98 Å². The normalized spacial score (nSPS) is 24.4. The lowest BCUT2D eigenvalue weighted by molar-refractivity contribution is -0.0414. The molecule has 1 aromatic carbocycles. The van der Waals surface area contributed by atoms with E-state index in [-0.39, 0.29) is 11.7 Å². The third-order valence-electron chi connectivity index (χ3n) is 4.92. The highest BCUT2D eigenvalue weighted by molar-refractivity contribution is 5.75. The molecule has 1 atom stereocenters. The number of benzene rings is 1. The number of imidazole rings is 1. The maximum atomic E-state index is 13.4. The number of hydrogen-bond acceptors (Lipinski definition) is 2. The Hall–Kier alpha value is -1.49. The molecule has 0 amide bonds. The van der Waals surface area contributed by atoms with Gasteiger partial charge in [0.2, 0.25) is 0 Å². The SMILES string of the molecule is Fc1cc2ncn(CC3CCC4(CCCC4)O3)c2cc1F. The molecule has 1 spiro atoms. The van der Waals surface area contributed by atoms with Crippen LogP contribution >= 0.6 is 0 Å². The van der Waals surface area contributed by atoms with Crippen molar-refractivity contribution < 1.29 is 13.5 Å². The van der Waals surface area contributed by atoms with Crippen molar-refractivity contribution in [2.75, 3.05) is 0 Å². The van der Waals surface area contributed by atoms with Crippen LogP contribution < -0.4 is 0 Å². The van der Waals surface area contributed by atoms with E-state index in [4.69, 9.17) is 4.74 Å². The Morgan fingerprint density at radius 3 is 2.76 bits per heavy atom. The molecule has 0 bridgehead atoms. The first kappa shape index (κ1) is 13.2. The highest BCUT2D eigenvalue weighted by Gasteiger charge is 2.42. The molecule has 2 heterocycles. The molecule has 1 aliphatic heterocycles. The second kappa shape index (κ2) is 4.77. The third kappa shape index (κ3) is 2.24. The van der Waals surface area contributed by atoms with Gasteiger partial charge in [-0.05, 0) is 25.7 Å². The van der Waals surface area contributed by atoms with E-state index in [1.165, 1.54) is 18.9 Å². The molecule has 2 fully saturated rings. The first-order valence-electron chi connectivity index (χ1n) is 7.63. The summed E-state index contributed by atoms with van der Waals surface area (Å²) >= 11 is 0. The maximum Gasteiger partial charge on any atom is 0.161 e. The van der Waals surface area contributed by atoms with E-state index in [1.807, 2.05) is 4.57 Å². The fraction of sp³-hybridized carbons (Fsp3) is 0.562. The lowest BCUT2D eigenvalue weighted by atomic mass is 9.98. The van der Waals surface area contributed by atoms with Gasteiger partial charge in [-0.1, -0.05) is 12.8 Å². The number of nitrogens with zero attached hydrogens (tertiary/aromatic N) is 2. The minimum absolute atomic E-state index is 0.0956. The van der Waals surface area contributed by atoms with Crippen LogP contribution in [0.4, 0.5) is 8.78 Å². The van der Waals surface area contributed by atoms with Gasteiger partial charge in [-0.15, -0.1) is 0 Å². The Morgan fingerprint density at radius 1 is 1.19 bits per heavy atom. The van der Waals surface area contributed by atoms with Gasteiger partial charge in [-0.3, -0.25) is 0 Å². The molecule has 4 rings (SSSR count). The summed E-state index contributed by atoms with van der Waals surface area (Å²) in [6.07, 6.45) is 8.77. The molecule has 1 saturated heterocycles. The topological polar surface area (TPSA) is 27.1 Å². The quantitative estimate of drug-likeness (QED) is 0.841. The standard InChI is InChI=1S/C16H18F2N2O/c17-12-7-14-15(8-13(12)18)20(10-19-14)9-11-3-6-16(21-11)4-1-2-5-16/h7-8,10-11H,1-6,9H2. The van der Waals surface area contributed by atoms with E-state index in [0.717, 1.165) is 31.7 Å². The van der Waals surface area contributed by atoms with E-state index in [9.17, 15) is 8.78 Å². The first-order chi connectivity index (χ1) is 10.2. The summed E-state index contributed by atoms with van der Waals surface area (Å²) < 4.78 is 34.8. The van der Waals surface area contributed by atoms with Crippen LogP contribution in [0.15, 0.2) is 18.5 Å². The number of aromatic nitrogens is 2. The largest absolute Gasteiger partial charge is 0.370 e. The van der Waals surface area contributed by atoms with Crippen molar-refractivity contribution in [3.8, 4) is 0 Å². The Morgan fingerprint density at radius 2 is 1.95 bits per heavy atom. The Kier molecular flexibility index (Phi) is 2.99. The van der Waals surface area contributed by atoms with Crippen LogP contribution in [0.5, 0.6) is 0 Å². The van der Waals surface area contributed by atoms with Gasteiger partial charge in [0.05, 0.1) is 35.6 Å². The van der Waals surface area contributed by atoms with Crippen LogP contribution in [-0.4, -0.2) is 21.3 Å². The molecule has 1 unspecified atom stereocenters. The van der Waals surface area contributed by atoms with E-state index >= 15 is 0 Å². The van der Waals surface area contributed by atoms with Crippen molar-refractivity contribution in [2.24, 2.45) is 0 Å². The van der Waals surface area contributed by atoms with Gasteiger partial charge in [0.1, 0.15) is 0 Å².